The van der Waals surface area contributed by atoms with Crippen LogP contribution in [-0.2, 0) is 20.7 Å². The van der Waals surface area contributed by atoms with Crippen LogP contribution in [0.5, 0.6) is 0 Å². The summed E-state index contributed by atoms with van der Waals surface area (Å²) in [5.74, 6) is 0.427. The zero-order valence-corrected chi connectivity index (χ0v) is 20.3. The third-order valence-electron chi connectivity index (χ3n) is 6.37. The van der Waals surface area contributed by atoms with Crippen molar-refractivity contribution in [3.8, 4) is 0 Å². The molecule has 0 bridgehead atoms. The number of benzene rings is 1. The summed E-state index contributed by atoms with van der Waals surface area (Å²) >= 11 is 7.70. The SMILES string of the molecule is Cc1nc2nc(SCC(=O)N3CCC4(CC3)OCCO4)nn2c(C)c1Cc1ccccc1Cl. The second-order valence-corrected chi connectivity index (χ2v) is 9.76. The van der Waals surface area contributed by atoms with E-state index in [0.717, 1.165) is 27.5 Å². The molecule has 0 saturated carbocycles. The zero-order chi connectivity index (χ0) is 23.0. The number of aromatic nitrogens is 4. The Morgan fingerprint density at radius 3 is 2.61 bits per heavy atom. The number of hydrogen-bond donors (Lipinski definition) is 0. The van der Waals surface area contributed by atoms with Gasteiger partial charge in [0, 0.05) is 48.8 Å². The molecule has 0 N–H and O–H groups in total. The number of rotatable bonds is 5. The number of fused-ring (bicyclic) bond motifs is 1. The highest BCUT2D eigenvalue weighted by Crippen LogP contribution is 2.31. The maximum atomic E-state index is 12.7. The molecule has 0 atom stereocenters. The minimum atomic E-state index is -0.476. The summed E-state index contributed by atoms with van der Waals surface area (Å²) in [5, 5.41) is 5.90. The van der Waals surface area contributed by atoms with E-state index in [0.29, 0.717) is 56.5 Å². The molecule has 3 aromatic rings. The molecule has 4 heterocycles. The lowest BCUT2D eigenvalue weighted by Crippen LogP contribution is -2.47. The van der Waals surface area contributed by atoms with Crippen molar-refractivity contribution in [2.24, 2.45) is 0 Å². The van der Waals surface area contributed by atoms with E-state index < -0.39 is 5.79 Å². The van der Waals surface area contributed by atoms with Crippen molar-refractivity contribution in [2.45, 2.75) is 44.1 Å². The van der Waals surface area contributed by atoms with Crippen LogP contribution in [0, 0.1) is 13.8 Å². The van der Waals surface area contributed by atoms with Crippen LogP contribution in [-0.4, -0.2) is 68.2 Å². The van der Waals surface area contributed by atoms with Crippen LogP contribution >= 0.6 is 23.4 Å². The molecular formula is C23H26ClN5O3S. The van der Waals surface area contributed by atoms with Crippen molar-refractivity contribution >= 4 is 35.0 Å². The molecule has 10 heteroatoms. The highest BCUT2D eigenvalue weighted by molar-refractivity contribution is 7.99. The molecule has 1 amide bonds. The lowest BCUT2D eigenvalue weighted by molar-refractivity contribution is -0.186. The van der Waals surface area contributed by atoms with Crippen LogP contribution in [0.4, 0.5) is 0 Å². The molecule has 0 unspecified atom stereocenters. The number of carbonyl (C=O) groups excluding carboxylic acids is 1. The van der Waals surface area contributed by atoms with Gasteiger partial charge in [0.25, 0.3) is 5.78 Å². The minimum Gasteiger partial charge on any atom is -0.347 e. The molecule has 2 saturated heterocycles. The Labute approximate surface area is 201 Å². The molecular weight excluding hydrogens is 462 g/mol. The minimum absolute atomic E-state index is 0.0759. The largest absolute Gasteiger partial charge is 0.347 e. The van der Waals surface area contributed by atoms with Crippen molar-refractivity contribution in [2.75, 3.05) is 32.1 Å². The van der Waals surface area contributed by atoms with Gasteiger partial charge in [-0.2, -0.15) is 4.98 Å². The maximum absolute atomic E-state index is 12.7. The summed E-state index contributed by atoms with van der Waals surface area (Å²) in [5.41, 5.74) is 4.00. The monoisotopic (exact) mass is 487 g/mol. The van der Waals surface area contributed by atoms with Crippen molar-refractivity contribution in [1.82, 2.24) is 24.5 Å². The number of hydrogen-bond acceptors (Lipinski definition) is 7. The van der Waals surface area contributed by atoms with E-state index in [1.54, 1.807) is 4.52 Å². The lowest BCUT2D eigenvalue weighted by atomic mass is 10.0. The highest BCUT2D eigenvalue weighted by Gasteiger charge is 2.40. The van der Waals surface area contributed by atoms with Gasteiger partial charge >= 0.3 is 0 Å². The molecule has 2 fully saturated rings. The average molecular weight is 488 g/mol. The number of amides is 1. The second kappa shape index (κ2) is 9.21. The van der Waals surface area contributed by atoms with Gasteiger partial charge in [0.05, 0.1) is 19.0 Å². The number of aryl methyl sites for hydroxylation is 2. The number of piperidine rings is 1. The Hall–Kier alpha value is -2.20. The molecule has 174 valence electrons. The Morgan fingerprint density at radius 2 is 1.88 bits per heavy atom. The Kier molecular flexibility index (Phi) is 6.30. The van der Waals surface area contributed by atoms with E-state index in [9.17, 15) is 4.79 Å². The zero-order valence-electron chi connectivity index (χ0n) is 18.7. The number of ether oxygens (including phenoxy) is 2. The standard InChI is InChI=1S/C23H26ClN5O3S/c1-15-18(13-17-5-3-4-6-19(17)24)16(2)29-21(25-15)26-22(27-29)33-14-20(30)28-9-7-23(8-10-28)31-11-12-32-23/h3-6H,7-14H2,1-2H3. The fourth-order valence-corrected chi connectivity index (χ4v) is 5.36. The van der Waals surface area contributed by atoms with E-state index in [-0.39, 0.29) is 11.7 Å². The van der Waals surface area contributed by atoms with Gasteiger partial charge in [-0.15, -0.1) is 5.10 Å². The summed E-state index contributed by atoms with van der Waals surface area (Å²) in [6.45, 7) is 6.54. The third-order valence-corrected chi connectivity index (χ3v) is 7.56. The second-order valence-electron chi connectivity index (χ2n) is 8.41. The van der Waals surface area contributed by atoms with Crippen LogP contribution in [0.2, 0.25) is 5.02 Å². The molecule has 5 rings (SSSR count). The summed E-state index contributed by atoms with van der Waals surface area (Å²) in [4.78, 5) is 23.8. The van der Waals surface area contributed by atoms with Crippen LogP contribution in [0.25, 0.3) is 5.78 Å². The number of thioether (sulfide) groups is 1. The first-order valence-electron chi connectivity index (χ1n) is 11.1. The van der Waals surface area contributed by atoms with Crippen molar-refractivity contribution in [1.29, 1.82) is 0 Å². The molecule has 8 nitrogen and oxygen atoms in total. The van der Waals surface area contributed by atoms with Gasteiger partial charge in [-0.3, -0.25) is 4.79 Å². The van der Waals surface area contributed by atoms with Crippen LogP contribution in [0.15, 0.2) is 29.4 Å². The summed E-state index contributed by atoms with van der Waals surface area (Å²) in [6.07, 6.45) is 2.10. The number of carbonyl (C=O) groups is 1. The van der Waals surface area contributed by atoms with Crippen LogP contribution < -0.4 is 0 Å². The van der Waals surface area contributed by atoms with Crippen molar-refractivity contribution in [3.63, 3.8) is 0 Å². The Balaban J connectivity index is 1.26. The van der Waals surface area contributed by atoms with Gasteiger partial charge in [0.15, 0.2) is 5.79 Å². The number of halogens is 1. The topological polar surface area (TPSA) is 81.9 Å². The molecule has 33 heavy (non-hydrogen) atoms. The quantitative estimate of drug-likeness (QED) is 0.510. The smallest absolute Gasteiger partial charge is 0.253 e. The van der Waals surface area contributed by atoms with Gasteiger partial charge in [-0.1, -0.05) is 41.6 Å². The molecule has 1 spiro atoms. The molecule has 0 radical (unpaired) electrons. The first-order chi connectivity index (χ1) is 15.9. The predicted octanol–water partition coefficient (Wildman–Crippen LogP) is 3.44. The van der Waals surface area contributed by atoms with Gasteiger partial charge < -0.3 is 14.4 Å². The average Bonchev–Trinajstić information content (AvgIpc) is 3.44. The van der Waals surface area contributed by atoms with E-state index in [1.807, 2.05) is 43.0 Å². The molecule has 0 aliphatic carbocycles. The van der Waals surface area contributed by atoms with Gasteiger partial charge in [0.1, 0.15) is 0 Å². The van der Waals surface area contributed by atoms with Gasteiger partial charge in [-0.05, 0) is 31.0 Å². The fraction of sp³-hybridized carbons (Fsp3) is 0.478. The van der Waals surface area contributed by atoms with E-state index >= 15 is 0 Å². The molecule has 1 aromatic carbocycles. The van der Waals surface area contributed by atoms with Crippen LogP contribution in [0.3, 0.4) is 0 Å². The first kappa shape index (κ1) is 22.6. The maximum Gasteiger partial charge on any atom is 0.253 e. The number of nitrogens with zero attached hydrogens (tertiary/aromatic N) is 5. The Bertz CT molecular complexity index is 1180. The predicted molar refractivity (Wildman–Crippen MR) is 126 cm³/mol. The summed E-state index contributed by atoms with van der Waals surface area (Å²) in [6, 6.07) is 7.82. The van der Waals surface area contributed by atoms with Gasteiger partial charge in [-0.25, -0.2) is 9.50 Å². The normalized spacial score (nSPS) is 17.8. The highest BCUT2D eigenvalue weighted by atomic mass is 35.5. The summed E-state index contributed by atoms with van der Waals surface area (Å²) in [7, 11) is 0. The first-order valence-corrected chi connectivity index (χ1v) is 12.5. The van der Waals surface area contributed by atoms with Crippen LogP contribution in [0.1, 0.15) is 35.4 Å². The fourth-order valence-electron chi connectivity index (χ4n) is 4.44. The van der Waals surface area contributed by atoms with Gasteiger partial charge in [0.2, 0.25) is 11.1 Å². The Morgan fingerprint density at radius 1 is 1.15 bits per heavy atom. The van der Waals surface area contributed by atoms with Crippen molar-refractivity contribution < 1.29 is 14.3 Å². The molecule has 2 aliphatic heterocycles. The van der Waals surface area contributed by atoms with Crippen molar-refractivity contribution in [3.05, 3.63) is 51.8 Å². The molecule has 2 aromatic heterocycles. The third kappa shape index (κ3) is 4.59. The van der Waals surface area contributed by atoms with E-state index in [1.165, 1.54) is 11.8 Å². The molecule has 2 aliphatic rings. The number of likely N-dealkylation sites (tertiary alicyclic amines) is 1. The van der Waals surface area contributed by atoms with E-state index in [2.05, 4.69) is 15.1 Å². The lowest BCUT2D eigenvalue weighted by Gasteiger charge is -2.37. The summed E-state index contributed by atoms with van der Waals surface area (Å²) < 4.78 is 13.2. The van der Waals surface area contributed by atoms with E-state index in [4.69, 9.17) is 21.1 Å².